The maximum Gasteiger partial charge on any atom is 0.238 e. The number of primary sulfonamides is 1. The van der Waals surface area contributed by atoms with E-state index in [9.17, 15) is 8.42 Å². The molecule has 0 radical (unpaired) electrons. The van der Waals surface area contributed by atoms with Gasteiger partial charge in [0.1, 0.15) is 0 Å². The minimum Gasteiger partial charge on any atom is -0.356 e. The van der Waals surface area contributed by atoms with Gasteiger partial charge in [0.05, 0.1) is 9.90 Å². The van der Waals surface area contributed by atoms with E-state index in [0.717, 1.165) is 35.9 Å². The monoisotopic (exact) mass is 381 g/mol. The quantitative estimate of drug-likeness (QED) is 0.491. The second-order valence-electron chi connectivity index (χ2n) is 5.48. The van der Waals surface area contributed by atoms with Gasteiger partial charge in [0.2, 0.25) is 10.0 Å². The molecule has 0 atom stereocenters. The predicted molar refractivity (Wildman–Crippen MR) is 101 cm³/mol. The van der Waals surface area contributed by atoms with E-state index in [4.69, 9.17) is 5.14 Å². The number of hydrogen-bond acceptors (Lipinski definition) is 5. The van der Waals surface area contributed by atoms with E-state index in [1.807, 2.05) is 13.1 Å². The number of guanidine groups is 1. The van der Waals surface area contributed by atoms with Crippen molar-refractivity contribution < 1.29 is 8.42 Å². The Labute approximate surface area is 152 Å². The van der Waals surface area contributed by atoms with Crippen molar-refractivity contribution in [2.24, 2.45) is 10.1 Å². The van der Waals surface area contributed by atoms with Gasteiger partial charge in [0, 0.05) is 37.6 Å². The number of rotatable bonds is 7. The van der Waals surface area contributed by atoms with Crippen LogP contribution in [0.5, 0.6) is 0 Å². The SMILES string of the molecule is CN=C(NCCc1ccc(S(N)(=O)=O)cc1)NCCc1ncc(C)s1. The largest absolute Gasteiger partial charge is 0.356 e. The molecule has 4 N–H and O–H groups in total. The summed E-state index contributed by atoms with van der Waals surface area (Å²) in [5.41, 5.74) is 1.02. The molecule has 7 nitrogen and oxygen atoms in total. The fourth-order valence-electron chi connectivity index (χ4n) is 2.20. The lowest BCUT2D eigenvalue weighted by Gasteiger charge is -2.11. The first kappa shape index (κ1) is 19.4. The van der Waals surface area contributed by atoms with Crippen molar-refractivity contribution in [2.75, 3.05) is 20.1 Å². The normalized spacial score (nSPS) is 12.2. The van der Waals surface area contributed by atoms with E-state index in [2.05, 4.69) is 20.6 Å². The number of benzene rings is 1. The lowest BCUT2D eigenvalue weighted by molar-refractivity contribution is 0.598. The first-order valence-electron chi connectivity index (χ1n) is 7.86. The number of hydrogen-bond donors (Lipinski definition) is 3. The van der Waals surface area contributed by atoms with Crippen LogP contribution in [0.1, 0.15) is 15.4 Å². The molecular weight excluding hydrogens is 358 g/mol. The molecule has 25 heavy (non-hydrogen) atoms. The number of sulfonamides is 1. The van der Waals surface area contributed by atoms with E-state index in [0.29, 0.717) is 6.54 Å². The van der Waals surface area contributed by atoms with Crippen LogP contribution in [0.3, 0.4) is 0 Å². The minimum atomic E-state index is -3.64. The Kier molecular flexibility index (Phi) is 6.91. The summed E-state index contributed by atoms with van der Waals surface area (Å²) < 4.78 is 22.5. The molecule has 136 valence electrons. The lowest BCUT2D eigenvalue weighted by Crippen LogP contribution is -2.39. The summed E-state index contributed by atoms with van der Waals surface area (Å²) in [6.45, 7) is 3.49. The van der Waals surface area contributed by atoms with Crippen LogP contribution in [-0.2, 0) is 22.9 Å². The van der Waals surface area contributed by atoms with E-state index < -0.39 is 10.0 Å². The number of nitrogens with zero attached hydrogens (tertiary/aromatic N) is 2. The number of nitrogens with two attached hydrogens (primary N) is 1. The predicted octanol–water partition coefficient (Wildman–Crippen LogP) is 1.05. The molecule has 0 amide bonds. The Hall–Kier alpha value is -1.97. The molecule has 1 aromatic carbocycles. The fourth-order valence-corrected chi connectivity index (χ4v) is 3.50. The first-order valence-corrected chi connectivity index (χ1v) is 10.2. The molecule has 9 heteroatoms. The minimum absolute atomic E-state index is 0.124. The summed E-state index contributed by atoms with van der Waals surface area (Å²) in [6, 6.07) is 6.58. The van der Waals surface area contributed by atoms with Crippen LogP contribution >= 0.6 is 11.3 Å². The zero-order chi connectivity index (χ0) is 18.3. The number of thiazole rings is 1. The molecule has 1 aromatic heterocycles. The molecule has 2 rings (SSSR count). The van der Waals surface area contributed by atoms with Crippen LogP contribution in [0.4, 0.5) is 0 Å². The average Bonchev–Trinajstić information content (AvgIpc) is 2.98. The fraction of sp³-hybridized carbons (Fsp3) is 0.375. The summed E-state index contributed by atoms with van der Waals surface area (Å²) in [5.74, 6) is 0.731. The van der Waals surface area contributed by atoms with Crippen LogP contribution < -0.4 is 15.8 Å². The highest BCUT2D eigenvalue weighted by Crippen LogP contribution is 2.11. The summed E-state index contributed by atoms with van der Waals surface area (Å²) in [6.07, 6.45) is 3.49. The molecule has 0 saturated carbocycles. The van der Waals surface area contributed by atoms with Gasteiger partial charge in [-0.25, -0.2) is 18.5 Å². The maximum absolute atomic E-state index is 11.2. The van der Waals surface area contributed by atoms with Crippen LogP contribution in [0, 0.1) is 6.92 Å². The third kappa shape index (κ3) is 6.45. The average molecular weight is 382 g/mol. The molecule has 0 aliphatic carbocycles. The topological polar surface area (TPSA) is 109 Å². The van der Waals surface area contributed by atoms with Crippen molar-refractivity contribution in [1.29, 1.82) is 0 Å². The van der Waals surface area contributed by atoms with E-state index in [1.54, 1.807) is 30.5 Å². The molecule has 0 spiro atoms. The van der Waals surface area contributed by atoms with Crippen LogP contribution in [0.25, 0.3) is 0 Å². The number of aromatic nitrogens is 1. The van der Waals surface area contributed by atoms with E-state index >= 15 is 0 Å². The Balaban J connectivity index is 1.73. The van der Waals surface area contributed by atoms with Crippen molar-refractivity contribution in [2.45, 2.75) is 24.7 Å². The molecule has 1 heterocycles. The highest BCUT2D eigenvalue weighted by molar-refractivity contribution is 7.89. The smallest absolute Gasteiger partial charge is 0.238 e. The molecule has 0 unspecified atom stereocenters. The third-order valence-electron chi connectivity index (χ3n) is 3.48. The van der Waals surface area contributed by atoms with Gasteiger partial charge in [-0.1, -0.05) is 12.1 Å². The van der Waals surface area contributed by atoms with Crippen molar-refractivity contribution in [1.82, 2.24) is 15.6 Å². The summed E-state index contributed by atoms with van der Waals surface area (Å²) in [5, 5.41) is 12.7. The Morgan fingerprint density at radius 1 is 1.20 bits per heavy atom. The molecule has 0 aliphatic rings. The Morgan fingerprint density at radius 3 is 2.36 bits per heavy atom. The molecule has 0 aliphatic heterocycles. The molecule has 2 aromatic rings. The number of aryl methyl sites for hydroxylation is 1. The van der Waals surface area contributed by atoms with Crippen molar-refractivity contribution in [3.05, 3.63) is 45.9 Å². The van der Waals surface area contributed by atoms with Gasteiger partial charge >= 0.3 is 0 Å². The van der Waals surface area contributed by atoms with E-state index in [-0.39, 0.29) is 4.90 Å². The van der Waals surface area contributed by atoms with Gasteiger partial charge in [0.15, 0.2) is 5.96 Å². The summed E-state index contributed by atoms with van der Waals surface area (Å²) in [7, 11) is -1.91. The molecule has 0 saturated heterocycles. The maximum atomic E-state index is 11.2. The van der Waals surface area contributed by atoms with E-state index in [1.165, 1.54) is 17.0 Å². The molecule has 0 bridgehead atoms. The van der Waals surface area contributed by atoms with Crippen molar-refractivity contribution in [3.8, 4) is 0 Å². The van der Waals surface area contributed by atoms with Gasteiger partial charge in [0.25, 0.3) is 0 Å². The van der Waals surface area contributed by atoms with Gasteiger partial charge in [-0.05, 0) is 31.0 Å². The van der Waals surface area contributed by atoms with Gasteiger partial charge in [-0.15, -0.1) is 11.3 Å². The lowest BCUT2D eigenvalue weighted by atomic mass is 10.1. The zero-order valence-corrected chi connectivity index (χ0v) is 16.0. The van der Waals surface area contributed by atoms with Gasteiger partial charge in [-0.2, -0.15) is 0 Å². The molecule has 0 fully saturated rings. The standard InChI is InChI=1S/C16H23N5O2S2/c1-12-11-21-15(24-12)8-10-20-16(18-2)19-9-7-13-3-5-14(6-4-13)25(17,22)23/h3-6,11H,7-10H2,1-2H3,(H2,17,22,23)(H2,18,19,20). The van der Waals surface area contributed by atoms with Crippen molar-refractivity contribution >= 4 is 27.3 Å². The Bertz CT molecular complexity index is 813. The van der Waals surface area contributed by atoms with Crippen LogP contribution in [0.2, 0.25) is 0 Å². The summed E-state index contributed by atoms with van der Waals surface area (Å²) >= 11 is 1.70. The third-order valence-corrected chi connectivity index (χ3v) is 5.38. The second kappa shape index (κ2) is 8.93. The number of aliphatic imine (C=N–C) groups is 1. The first-order chi connectivity index (χ1) is 11.9. The van der Waals surface area contributed by atoms with Gasteiger partial charge in [-0.3, -0.25) is 4.99 Å². The highest BCUT2D eigenvalue weighted by Gasteiger charge is 2.06. The van der Waals surface area contributed by atoms with Crippen molar-refractivity contribution in [3.63, 3.8) is 0 Å². The Morgan fingerprint density at radius 2 is 1.84 bits per heavy atom. The summed E-state index contributed by atoms with van der Waals surface area (Å²) in [4.78, 5) is 9.85. The van der Waals surface area contributed by atoms with Crippen LogP contribution in [0.15, 0.2) is 40.4 Å². The number of nitrogens with one attached hydrogen (secondary N) is 2. The second-order valence-corrected chi connectivity index (χ2v) is 8.36. The zero-order valence-electron chi connectivity index (χ0n) is 14.3. The molecular formula is C16H23N5O2S2. The highest BCUT2D eigenvalue weighted by atomic mass is 32.2. The van der Waals surface area contributed by atoms with Crippen LogP contribution in [-0.4, -0.2) is 39.5 Å². The van der Waals surface area contributed by atoms with Gasteiger partial charge < -0.3 is 10.6 Å².